The fraction of sp³-hybridized carbons (Fsp3) is 1.00. The molecule has 1 aliphatic carbocycles. The lowest BCUT2D eigenvalue weighted by Gasteiger charge is -2.47. The molecule has 0 aromatic rings. The third-order valence-electron chi connectivity index (χ3n) is 3.60. The highest BCUT2D eigenvalue weighted by molar-refractivity contribution is 4.97. The molecule has 2 N–H and O–H groups in total. The average molecular weight is 214 g/mol. The molecule has 1 saturated carbocycles. The van der Waals surface area contributed by atoms with Crippen LogP contribution < -0.4 is 5.32 Å². The first-order valence-corrected chi connectivity index (χ1v) is 5.96. The number of hydrogen-bond donors (Lipinski definition) is 2. The Morgan fingerprint density at radius 2 is 1.93 bits per heavy atom. The van der Waals surface area contributed by atoms with Gasteiger partial charge >= 0.3 is 0 Å². The number of rotatable bonds is 6. The van der Waals surface area contributed by atoms with Gasteiger partial charge in [0.1, 0.15) is 0 Å². The van der Waals surface area contributed by atoms with E-state index in [1.165, 1.54) is 19.3 Å². The third-order valence-corrected chi connectivity index (χ3v) is 3.60. The van der Waals surface area contributed by atoms with Gasteiger partial charge in [-0.3, -0.25) is 0 Å². The standard InChI is InChI=1S/C12H26N2O/c1-11(2,15)8-9-13-10-12(14(3)4)6-5-7-12/h13,15H,5-10H2,1-4H3. The maximum atomic E-state index is 9.58. The van der Waals surface area contributed by atoms with Crippen molar-refractivity contribution in [3.05, 3.63) is 0 Å². The van der Waals surface area contributed by atoms with Gasteiger partial charge in [-0.2, -0.15) is 0 Å². The Morgan fingerprint density at radius 3 is 2.27 bits per heavy atom. The molecule has 0 radical (unpaired) electrons. The summed E-state index contributed by atoms with van der Waals surface area (Å²) in [6, 6.07) is 0. The molecule has 1 aliphatic rings. The summed E-state index contributed by atoms with van der Waals surface area (Å²) in [5, 5.41) is 13.0. The van der Waals surface area contributed by atoms with Gasteiger partial charge in [0.15, 0.2) is 0 Å². The molecule has 0 spiro atoms. The summed E-state index contributed by atoms with van der Waals surface area (Å²) in [5.74, 6) is 0. The largest absolute Gasteiger partial charge is 0.390 e. The van der Waals surface area contributed by atoms with Crippen molar-refractivity contribution in [3.63, 3.8) is 0 Å². The lowest BCUT2D eigenvalue weighted by molar-refractivity contribution is 0.0507. The highest BCUT2D eigenvalue weighted by Crippen LogP contribution is 2.35. The molecule has 0 unspecified atom stereocenters. The first kappa shape index (κ1) is 12.9. The lowest BCUT2D eigenvalue weighted by atomic mass is 9.75. The molecule has 1 rings (SSSR count). The molecule has 0 aromatic heterocycles. The molecular weight excluding hydrogens is 188 g/mol. The van der Waals surface area contributed by atoms with Crippen molar-refractivity contribution >= 4 is 0 Å². The van der Waals surface area contributed by atoms with Gasteiger partial charge in [0, 0.05) is 12.1 Å². The van der Waals surface area contributed by atoms with E-state index < -0.39 is 5.60 Å². The van der Waals surface area contributed by atoms with Crippen LogP contribution in [0.1, 0.15) is 39.5 Å². The zero-order valence-electron chi connectivity index (χ0n) is 10.6. The van der Waals surface area contributed by atoms with Crippen molar-refractivity contribution in [3.8, 4) is 0 Å². The molecule has 0 saturated heterocycles. The summed E-state index contributed by atoms with van der Waals surface area (Å²) in [4.78, 5) is 2.34. The number of nitrogens with zero attached hydrogens (tertiary/aromatic N) is 1. The highest BCUT2D eigenvalue weighted by atomic mass is 16.3. The van der Waals surface area contributed by atoms with E-state index >= 15 is 0 Å². The van der Waals surface area contributed by atoms with Crippen LogP contribution in [0.15, 0.2) is 0 Å². The third kappa shape index (κ3) is 3.74. The fourth-order valence-electron chi connectivity index (χ4n) is 2.08. The Hall–Kier alpha value is -0.120. The predicted molar refractivity (Wildman–Crippen MR) is 64.1 cm³/mol. The van der Waals surface area contributed by atoms with E-state index in [9.17, 15) is 5.11 Å². The Bertz CT molecular complexity index is 192. The monoisotopic (exact) mass is 214 g/mol. The minimum Gasteiger partial charge on any atom is -0.390 e. The summed E-state index contributed by atoms with van der Waals surface area (Å²) < 4.78 is 0. The van der Waals surface area contributed by atoms with Crippen LogP contribution in [-0.2, 0) is 0 Å². The van der Waals surface area contributed by atoms with Crippen molar-refractivity contribution in [2.24, 2.45) is 0 Å². The van der Waals surface area contributed by atoms with Gasteiger partial charge in [-0.05, 0) is 60.2 Å². The second-order valence-electron chi connectivity index (χ2n) is 5.71. The lowest BCUT2D eigenvalue weighted by Crippen LogP contribution is -2.56. The van der Waals surface area contributed by atoms with E-state index in [0.29, 0.717) is 5.54 Å². The molecule has 3 heteroatoms. The molecule has 15 heavy (non-hydrogen) atoms. The molecule has 90 valence electrons. The topological polar surface area (TPSA) is 35.5 Å². The van der Waals surface area contributed by atoms with Gasteiger partial charge in [0.25, 0.3) is 0 Å². The summed E-state index contributed by atoms with van der Waals surface area (Å²) in [6.07, 6.45) is 4.77. The van der Waals surface area contributed by atoms with Crippen molar-refractivity contribution in [1.82, 2.24) is 10.2 Å². The zero-order chi connectivity index (χ0) is 11.5. The molecule has 0 aromatic carbocycles. The minimum absolute atomic E-state index is 0.388. The molecule has 3 nitrogen and oxygen atoms in total. The second kappa shape index (κ2) is 4.81. The van der Waals surface area contributed by atoms with Crippen LogP contribution in [0.2, 0.25) is 0 Å². The Labute approximate surface area is 93.9 Å². The molecule has 0 aliphatic heterocycles. The van der Waals surface area contributed by atoms with Crippen LogP contribution in [0.25, 0.3) is 0 Å². The van der Waals surface area contributed by atoms with E-state index in [4.69, 9.17) is 0 Å². The first-order chi connectivity index (χ1) is 6.86. The van der Waals surface area contributed by atoms with Gasteiger partial charge in [-0.25, -0.2) is 0 Å². The SMILES string of the molecule is CN(C)C1(CNCCC(C)(C)O)CCC1. The number of aliphatic hydroxyl groups is 1. The van der Waals surface area contributed by atoms with E-state index in [1.54, 1.807) is 0 Å². The van der Waals surface area contributed by atoms with Crippen molar-refractivity contribution in [2.75, 3.05) is 27.2 Å². The van der Waals surface area contributed by atoms with E-state index in [0.717, 1.165) is 19.5 Å². The second-order valence-corrected chi connectivity index (χ2v) is 5.71. The van der Waals surface area contributed by atoms with Gasteiger partial charge in [-0.1, -0.05) is 0 Å². The van der Waals surface area contributed by atoms with Crippen LogP contribution in [0.5, 0.6) is 0 Å². The molecule has 0 heterocycles. The highest BCUT2D eigenvalue weighted by Gasteiger charge is 2.38. The summed E-state index contributed by atoms with van der Waals surface area (Å²) >= 11 is 0. The van der Waals surface area contributed by atoms with Gasteiger partial charge in [0.05, 0.1) is 5.60 Å². The number of nitrogens with one attached hydrogen (secondary N) is 1. The van der Waals surface area contributed by atoms with Gasteiger partial charge in [-0.15, -0.1) is 0 Å². The van der Waals surface area contributed by atoms with E-state index in [1.807, 2.05) is 13.8 Å². The van der Waals surface area contributed by atoms with Crippen LogP contribution in [0.3, 0.4) is 0 Å². The maximum absolute atomic E-state index is 9.58. The van der Waals surface area contributed by atoms with Crippen LogP contribution in [0.4, 0.5) is 0 Å². The Balaban J connectivity index is 2.19. The normalized spacial score (nSPS) is 20.4. The number of hydrogen-bond acceptors (Lipinski definition) is 3. The predicted octanol–water partition coefficient (Wildman–Crippen LogP) is 1.22. The van der Waals surface area contributed by atoms with Crippen LogP contribution >= 0.6 is 0 Å². The molecular formula is C12H26N2O. The summed E-state index contributed by atoms with van der Waals surface area (Å²) in [7, 11) is 4.33. The number of likely N-dealkylation sites (N-methyl/N-ethyl adjacent to an activating group) is 1. The first-order valence-electron chi connectivity index (χ1n) is 5.96. The summed E-state index contributed by atoms with van der Waals surface area (Å²) in [6.45, 7) is 5.68. The smallest absolute Gasteiger partial charge is 0.0603 e. The van der Waals surface area contributed by atoms with E-state index in [2.05, 4.69) is 24.3 Å². The zero-order valence-corrected chi connectivity index (χ0v) is 10.6. The van der Waals surface area contributed by atoms with Crippen molar-refractivity contribution in [2.45, 2.75) is 50.7 Å². The Morgan fingerprint density at radius 1 is 1.33 bits per heavy atom. The molecule has 0 amide bonds. The molecule has 1 fully saturated rings. The van der Waals surface area contributed by atoms with Gasteiger partial charge < -0.3 is 15.3 Å². The quantitative estimate of drug-likeness (QED) is 0.653. The Kier molecular flexibility index (Phi) is 4.15. The van der Waals surface area contributed by atoms with Gasteiger partial charge in [0.2, 0.25) is 0 Å². The summed E-state index contributed by atoms with van der Waals surface area (Å²) in [5.41, 5.74) is -0.155. The van der Waals surface area contributed by atoms with Crippen molar-refractivity contribution < 1.29 is 5.11 Å². The fourth-order valence-corrected chi connectivity index (χ4v) is 2.08. The van der Waals surface area contributed by atoms with Crippen LogP contribution in [-0.4, -0.2) is 48.3 Å². The van der Waals surface area contributed by atoms with Crippen LogP contribution in [0, 0.1) is 0 Å². The minimum atomic E-state index is -0.544. The average Bonchev–Trinajstić information content (AvgIpc) is 1.98. The van der Waals surface area contributed by atoms with Crippen molar-refractivity contribution in [1.29, 1.82) is 0 Å². The maximum Gasteiger partial charge on any atom is 0.0603 e. The molecule has 0 bridgehead atoms. The molecule has 0 atom stereocenters. The van der Waals surface area contributed by atoms with E-state index in [-0.39, 0.29) is 0 Å².